The van der Waals surface area contributed by atoms with Gasteiger partial charge in [0.15, 0.2) is 0 Å². The van der Waals surface area contributed by atoms with Crippen molar-refractivity contribution in [1.82, 2.24) is 14.4 Å². The van der Waals surface area contributed by atoms with Crippen molar-refractivity contribution in [3.05, 3.63) is 164 Å². The van der Waals surface area contributed by atoms with E-state index in [2.05, 4.69) is 117 Å². The second kappa shape index (κ2) is 11.9. The Hall–Kier alpha value is -5.15. The third-order valence-electron chi connectivity index (χ3n) is 7.95. The molecule has 0 unspecified atom stereocenters. The van der Waals surface area contributed by atoms with E-state index >= 15 is 0 Å². The van der Waals surface area contributed by atoms with E-state index in [4.69, 9.17) is 0 Å². The zero-order valence-electron chi connectivity index (χ0n) is 23.6. The van der Waals surface area contributed by atoms with Crippen molar-refractivity contribution in [1.29, 1.82) is 0 Å². The van der Waals surface area contributed by atoms with Gasteiger partial charge in [0, 0.05) is 48.8 Å². The van der Waals surface area contributed by atoms with E-state index in [9.17, 15) is 0 Å². The molecule has 0 spiro atoms. The van der Waals surface area contributed by atoms with Gasteiger partial charge in [-0.15, -0.1) is 59.7 Å². The summed E-state index contributed by atoms with van der Waals surface area (Å²) in [6.07, 6.45) is 3.67. The SMILES string of the molecule is [Ir].[c-]1cc2c(cc1-c1cc(-c3ccccc3)ccn1)c1cccc3c4ccccc4n2c13.[c-]1ccccc1-c1ccccn1. The minimum absolute atomic E-state index is 0. The van der Waals surface area contributed by atoms with Crippen LogP contribution in [0.5, 0.6) is 0 Å². The van der Waals surface area contributed by atoms with Crippen LogP contribution < -0.4 is 0 Å². The van der Waals surface area contributed by atoms with Crippen molar-refractivity contribution in [3.8, 4) is 33.6 Å². The maximum atomic E-state index is 4.66. The Kier molecular flexibility index (Phi) is 7.45. The predicted molar refractivity (Wildman–Crippen MR) is 177 cm³/mol. The van der Waals surface area contributed by atoms with Gasteiger partial charge in [-0.05, 0) is 51.6 Å². The first-order chi connectivity index (χ1) is 21.3. The fraction of sp³-hybridized carbons (Fsp3) is 0. The molecule has 0 atom stereocenters. The third-order valence-corrected chi connectivity index (χ3v) is 7.95. The van der Waals surface area contributed by atoms with Crippen LogP contribution in [-0.4, -0.2) is 14.4 Å². The van der Waals surface area contributed by atoms with Crippen molar-refractivity contribution < 1.29 is 20.1 Å². The number of aromatic nitrogens is 3. The first-order valence-corrected chi connectivity index (χ1v) is 14.3. The first-order valence-electron chi connectivity index (χ1n) is 14.3. The Morgan fingerprint density at radius 2 is 1.23 bits per heavy atom. The smallest absolute Gasteiger partial charge is 0.0516 e. The molecule has 0 bridgehead atoms. The monoisotopic (exact) mass is 740 g/mol. The Labute approximate surface area is 269 Å². The van der Waals surface area contributed by atoms with E-state index in [0.717, 1.165) is 22.5 Å². The van der Waals surface area contributed by atoms with Crippen LogP contribution in [0.4, 0.5) is 0 Å². The Balaban J connectivity index is 0.000000203. The van der Waals surface area contributed by atoms with E-state index in [1.54, 1.807) is 6.20 Å². The van der Waals surface area contributed by atoms with E-state index in [1.807, 2.05) is 54.7 Å². The summed E-state index contributed by atoms with van der Waals surface area (Å²) >= 11 is 0. The van der Waals surface area contributed by atoms with Crippen LogP contribution in [0.15, 0.2) is 152 Å². The summed E-state index contributed by atoms with van der Waals surface area (Å²) in [6, 6.07) is 54.6. The third kappa shape index (κ3) is 4.85. The van der Waals surface area contributed by atoms with Crippen molar-refractivity contribution in [2.24, 2.45) is 0 Å². The second-order valence-corrected chi connectivity index (χ2v) is 10.5. The molecule has 0 saturated carbocycles. The van der Waals surface area contributed by atoms with Gasteiger partial charge in [0.1, 0.15) is 0 Å². The van der Waals surface area contributed by atoms with Crippen LogP contribution in [0, 0.1) is 12.1 Å². The summed E-state index contributed by atoms with van der Waals surface area (Å²) in [5, 5.41) is 5.12. The van der Waals surface area contributed by atoms with Crippen LogP contribution in [-0.2, 0) is 20.1 Å². The fourth-order valence-electron chi connectivity index (χ4n) is 5.98. The quantitative estimate of drug-likeness (QED) is 0.169. The number of fused-ring (bicyclic) bond motifs is 6. The molecule has 4 heteroatoms. The number of benzene rings is 5. The van der Waals surface area contributed by atoms with Crippen LogP contribution in [0.3, 0.4) is 0 Å². The zero-order valence-corrected chi connectivity index (χ0v) is 26.0. The molecule has 4 heterocycles. The number of hydrogen-bond donors (Lipinski definition) is 0. The fourth-order valence-corrected chi connectivity index (χ4v) is 5.98. The minimum Gasteiger partial charge on any atom is -0.350 e. The number of rotatable bonds is 3. The predicted octanol–water partition coefficient (Wildman–Crippen LogP) is 9.91. The van der Waals surface area contributed by atoms with Gasteiger partial charge in [-0.25, -0.2) is 0 Å². The van der Waals surface area contributed by atoms with Crippen molar-refractivity contribution in [2.45, 2.75) is 0 Å². The molecule has 211 valence electrons. The zero-order chi connectivity index (χ0) is 28.6. The molecule has 0 aliphatic carbocycles. The van der Waals surface area contributed by atoms with Crippen molar-refractivity contribution in [3.63, 3.8) is 0 Å². The van der Waals surface area contributed by atoms with E-state index in [0.29, 0.717) is 0 Å². The molecule has 0 N–H and O–H groups in total. The summed E-state index contributed by atoms with van der Waals surface area (Å²) in [4.78, 5) is 8.88. The molecule has 44 heavy (non-hydrogen) atoms. The maximum Gasteiger partial charge on any atom is 0.0516 e. The van der Waals surface area contributed by atoms with Crippen LogP contribution >= 0.6 is 0 Å². The van der Waals surface area contributed by atoms with Gasteiger partial charge in [-0.2, -0.15) is 0 Å². The van der Waals surface area contributed by atoms with Crippen molar-refractivity contribution >= 4 is 38.1 Å². The standard InChI is InChI=1S/C29H17N2.C11H8N.Ir/c1-2-7-19(8-3-1)20-15-16-30-26(18-20)21-13-14-28-25(17-21)24-11-6-10-23-22-9-4-5-12-27(22)31(28)29(23)24;1-2-6-10(7-3-1)11-8-4-5-9-12-11;/h1-12,14-18H;1-6,8-9H;/q2*-1;. The van der Waals surface area contributed by atoms with Gasteiger partial charge in [-0.1, -0.05) is 90.3 Å². The molecule has 1 radical (unpaired) electrons. The van der Waals surface area contributed by atoms with E-state index in [1.165, 1.54) is 49.2 Å². The molecule has 0 aliphatic heterocycles. The van der Waals surface area contributed by atoms with Crippen LogP contribution in [0.2, 0.25) is 0 Å². The summed E-state index contributed by atoms with van der Waals surface area (Å²) in [5.74, 6) is 0. The molecule has 0 saturated heterocycles. The largest absolute Gasteiger partial charge is 0.350 e. The van der Waals surface area contributed by atoms with E-state index in [-0.39, 0.29) is 20.1 Å². The molecule has 5 aromatic carbocycles. The molecule has 0 amide bonds. The molecular formula is C40H25IrN3-2. The van der Waals surface area contributed by atoms with E-state index < -0.39 is 0 Å². The van der Waals surface area contributed by atoms with Gasteiger partial charge in [0.05, 0.1) is 5.52 Å². The number of hydrogen-bond acceptors (Lipinski definition) is 2. The van der Waals surface area contributed by atoms with Gasteiger partial charge in [0.2, 0.25) is 0 Å². The molecule has 9 aromatic rings. The Bertz CT molecular complexity index is 2290. The van der Waals surface area contributed by atoms with Gasteiger partial charge in [-0.3, -0.25) is 0 Å². The van der Waals surface area contributed by atoms with Gasteiger partial charge < -0.3 is 14.4 Å². The van der Waals surface area contributed by atoms with Crippen LogP contribution in [0.1, 0.15) is 0 Å². The van der Waals surface area contributed by atoms with Crippen molar-refractivity contribution in [2.75, 3.05) is 0 Å². The topological polar surface area (TPSA) is 30.2 Å². The number of pyridine rings is 2. The molecule has 9 rings (SSSR count). The summed E-state index contributed by atoms with van der Waals surface area (Å²) in [5.41, 5.74) is 10.1. The second-order valence-electron chi connectivity index (χ2n) is 10.5. The summed E-state index contributed by atoms with van der Waals surface area (Å²) in [7, 11) is 0. The first kappa shape index (κ1) is 27.7. The van der Waals surface area contributed by atoms with Gasteiger partial charge >= 0.3 is 0 Å². The Morgan fingerprint density at radius 1 is 0.477 bits per heavy atom. The minimum atomic E-state index is 0. The average Bonchev–Trinajstić information content (AvgIpc) is 3.62. The molecule has 0 aliphatic rings. The average molecular weight is 740 g/mol. The number of para-hydroxylation sites is 2. The van der Waals surface area contributed by atoms with Crippen LogP contribution in [0.25, 0.3) is 71.7 Å². The summed E-state index contributed by atoms with van der Waals surface area (Å²) < 4.78 is 2.38. The maximum absolute atomic E-state index is 4.66. The van der Waals surface area contributed by atoms with Gasteiger partial charge in [0.25, 0.3) is 0 Å². The normalized spacial score (nSPS) is 11.0. The Morgan fingerprint density at radius 3 is 2.05 bits per heavy atom. The molecule has 3 nitrogen and oxygen atoms in total. The molecular weight excluding hydrogens is 715 g/mol. The molecule has 0 fully saturated rings. The summed E-state index contributed by atoms with van der Waals surface area (Å²) in [6.45, 7) is 0. The molecule has 4 aromatic heterocycles. The number of nitrogens with zero attached hydrogens (tertiary/aromatic N) is 3.